The second-order valence-corrected chi connectivity index (χ2v) is 8.42. The fraction of sp³-hybridized carbons (Fsp3) is 0.350. The van der Waals surface area contributed by atoms with E-state index < -0.39 is 22.0 Å². The molecule has 1 atom stereocenters. The molecule has 0 unspecified atom stereocenters. The van der Waals surface area contributed by atoms with Gasteiger partial charge in [0.25, 0.3) is 0 Å². The number of benzene rings is 2. The van der Waals surface area contributed by atoms with Gasteiger partial charge in [0.05, 0.1) is 31.9 Å². The number of aryl methyl sites for hydroxylation is 2. The Morgan fingerprint density at radius 1 is 1.04 bits per heavy atom. The molecule has 0 bridgehead atoms. The molecule has 0 heterocycles. The Bertz CT molecular complexity index is 973. The van der Waals surface area contributed by atoms with Crippen molar-refractivity contribution in [3.05, 3.63) is 47.5 Å². The van der Waals surface area contributed by atoms with Crippen LogP contribution < -0.4 is 19.1 Å². The number of amides is 1. The first-order valence-electron chi connectivity index (χ1n) is 8.68. The lowest BCUT2D eigenvalue weighted by molar-refractivity contribution is -0.116. The summed E-state index contributed by atoms with van der Waals surface area (Å²) >= 11 is 0. The molecule has 0 saturated carbocycles. The molecule has 28 heavy (non-hydrogen) atoms. The summed E-state index contributed by atoms with van der Waals surface area (Å²) in [6.45, 7) is 5.38. The van der Waals surface area contributed by atoms with Crippen molar-refractivity contribution in [2.45, 2.75) is 26.8 Å². The van der Waals surface area contributed by atoms with Crippen molar-refractivity contribution >= 4 is 27.3 Å². The number of carbonyl (C=O) groups excluding carboxylic acids is 1. The van der Waals surface area contributed by atoms with E-state index in [2.05, 4.69) is 5.32 Å². The van der Waals surface area contributed by atoms with E-state index in [0.29, 0.717) is 22.9 Å². The number of anilines is 2. The Balaban J connectivity index is 2.36. The topological polar surface area (TPSA) is 84.9 Å². The molecular weight excluding hydrogens is 380 g/mol. The van der Waals surface area contributed by atoms with Crippen LogP contribution in [-0.2, 0) is 14.8 Å². The first-order chi connectivity index (χ1) is 13.1. The quantitative estimate of drug-likeness (QED) is 0.764. The molecule has 0 radical (unpaired) electrons. The molecule has 0 aliphatic carbocycles. The molecule has 2 aromatic rings. The van der Waals surface area contributed by atoms with Crippen LogP contribution in [0.4, 0.5) is 11.4 Å². The minimum Gasteiger partial charge on any atom is -0.497 e. The Morgan fingerprint density at radius 2 is 1.71 bits per heavy atom. The number of hydrogen-bond acceptors (Lipinski definition) is 5. The summed E-state index contributed by atoms with van der Waals surface area (Å²) in [5, 5.41) is 2.74. The van der Waals surface area contributed by atoms with Crippen LogP contribution in [0.3, 0.4) is 0 Å². The second-order valence-electron chi connectivity index (χ2n) is 6.56. The van der Waals surface area contributed by atoms with Gasteiger partial charge >= 0.3 is 0 Å². The molecule has 0 aromatic heterocycles. The van der Waals surface area contributed by atoms with Gasteiger partial charge in [0.1, 0.15) is 17.5 Å². The largest absolute Gasteiger partial charge is 0.497 e. The van der Waals surface area contributed by atoms with Crippen LogP contribution in [0.2, 0.25) is 0 Å². The second kappa shape index (κ2) is 8.52. The zero-order chi connectivity index (χ0) is 21.1. The summed E-state index contributed by atoms with van der Waals surface area (Å²) in [6, 6.07) is 9.28. The van der Waals surface area contributed by atoms with Gasteiger partial charge in [-0.2, -0.15) is 0 Å². The molecule has 0 aliphatic rings. The third kappa shape index (κ3) is 4.75. The molecule has 1 N–H and O–H groups in total. The first-order valence-corrected chi connectivity index (χ1v) is 10.5. The number of methoxy groups -OCH3 is 2. The summed E-state index contributed by atoms with van der Waals surface area (Å²) in [5.41, 5.74) is 2.84. The normalized spacial score (nSPS) is 12.2. The fourth-order valence-electron chi connectivity index (χ4n) is 2.81. The Labute approximate surface area is 166 Å². The predicted octanol–water partition coefficient (Wildman–Crippen LogP) is 3.11. The van der Waals surface area contributed by atoms with Gasteiger partial charge in [0, 0.05) is 6.07 Å². The van der Waals surface area contributed by atoms with Crippen LogP contribution in [0.25, 0.3) is 0 Å². The van der Waals surface area contributed by atoms with E-state index >= 15 is 0 Å². The van der Waals surface area contributed by atoms with E-state index in [1.165, 1.54) is 14.2 Å². The highest BCUT2D eigenvalue weighted by atomic mass is 32.2. The predicted molar refractivity (Wildman–Crippen MR) is 111 cm³/mol. The average Bonchev–Trinajstić information content (AvgIpc) is 2.63. The average molecular weight is 407 g/mol. The number of hydrogen-bond donors (Lipinski definition) is 1. The van der Waals surface area contributed by atoms with Crippen LogP contribution in [-0.4, -0.2) is 40.8 Å². The van der Waals surface area contributed by atoms with E-state index in [9.17, 15) is 13.2 Å². The highest BCUT2D eigenvalue weighted by Gasteiger charge is 2.29. The third-order valence-electron chi connectivity index (χ3n) is 4.50. The van der Waals surface area contributed by atoms with Crippen LogP contribution in [0.5, 0.6) is 11.5 Å². The van der Waals surface area contributed by atoms with E-state index in [1.54, 1.807) is 37.3 Å². The molecule has 152 valence electrons. The maximum atomic E-state index is 12.8. The van der Waals surface area contributed by atoms with Gasteiger partial charge in [0.2, 0.25) is 15.9 Å². The third-order valence-corrected chi connectivity index (χ3v) is 5.74. The lowest BCUT2D eigenvalue weighted by Gasteiger charge is -2.29. The van der Waals surface area contributed by atoms with E-state index in [0.717, 1.165) is 21.7 Å². The van der Waals surface area contributed by atoms with E-state index in [1.807, 2.05) is 19.9 Å². The smallest absolute Gasteiger partial charge is 0.248 e. The van der Waals surface area contributed by atoms with Crippen molar-refractivity contribution in [2.75, 3.05) is 30.1 Å². The molecule has 0 fully saturated rings. The zero-order valence-corrected chi connectivity index (χ0v) is 17.8. The monoisotopic (exact) mass is 406 g/mol. The minimum absolute atomic E-state index is 0.414. The van der Waals surface area contributed by atoms with Crippen molar-refractivity contribution in [1.82, 2.24) is 0 Å². The molecule has 7 nitrogen and oxygen atoms in total. The van der Waals surface area contributed by atoms with Gasteiger partial charge in [-0.05, 0) is 56.2 Å². The van der Waals surface area contributed by atoms with Crippen molar-refractivity contribution < 1.29 is 22.7 Å². The van der Waals surface area contributed by atoms with Gasteiger partial charge in [-0.15, -0.1) is 0 Å². The summed E-state index contributed by atoms with van der Waals surface area (Å²) in [5.74, 6) is 0.514. The van der Waals surface area contributed by atoms with Gasteiger partial charge in [-0.3, -0.25) is 9.10 Å². The molecule has 0 spiro atoms. The van der Waals surface area contributed by atoms with Gasteiger partial charge in [-0.25, -0.2) is 8.42 Å². The highest BCUT2D eigenvalue weighted by molar-refractivity contribution is 7.92. The van der Waals surface area contributed by atoms with Crippen LogP contribution >= 0.6 is 0 Å². The number of rotatable bonds is 7. The number of carbonyl (C=O) groups is 1. The lowest BCUT2D eigenvalue weighted by Crippen LogP contribution is -2.45. The van der Waals surface area contributed by atoms with Gasteiger partial charge in [-0.1, -0.05) is 6.07 Å². The molecule has 2 aromatic carbocycles. The van der Waals surface area contributed by atoms with Crippen LogP contribution in [0.1, 0.15) is 18.1 Å². The molecular formula is C20H26N2O5S. The molecule has 8 heteroatoms. The Kier molecular flexibility index (Phi) is 6.56. The van der Waals surface area contributed by atoms with Gasteiger partial charge < -0.3 is 14.8 Å². The van der Waals surface area contributed by atoms with Crippen molar-refractivity contribution in [3.8, 4) is 11.5 Å². The SMILES string of the molecule is COc1ccc(NC(=O)[C@@H](C)N(c2ccc(C)c(C)c2)S(C)(=O)=O)c(OC)c1. The Morgan fingerprint density at radius 3 is 2.25 bits per heavy atom. The zero-order valence-electron chi connectivity index (χ0n) is 16.9. The van der Waals surface area contributed by atoms with E-state index in [-0.39, 0.29) is 0 Å². The van der Waals surface area contributed by atoms with Crippen LogP contribution in [0, 0.1) is 13.8 Å². The Hall–Kier alpha value is -2.74. The number of nitrogens with one attached hydrogen (secondary N) is 1. The first kappa shape index (κ1) is 21.6. The van der Waals surface area contributed by atoms with Gasteiger partial charge in [0.15, 0.2) is 0 Å². The van der Waals surface area contributed by atoms with Crippen molar-refractivity contribution in [2.24, 2.45) is 0 Å². The maximum Gasteiger partial charge on any atom is 0.248 e. The minimum atomic E-state index is -3.69. The molecule has 0 aliphatic heterocycles. The lowest BCUT2D eigenvalue weighted by atomic mass is 10.1. The number of sulfonamides is 1. The van der Waals surface area contributed by atoms with E-state index in [4.69, 9.17) is 9.47 Å². The van der Waals surface area contributed by atoms with Crippen molar-refractivity contribution in [1.29, 1.82) is 0 Å². The number of nitrogens with zero attached hydrogens (tertiary/aromatic N) is 1. The standard InChI is InChI=1S/C20H26N2O5S/c1-13-7-8-16(11-14(13)2)22(28(6,24)25)15(3)20(23)21-18-10-9-17(26-4)12-19(18)27-5/h7-12,15H,1-6H3,(H,21,23)/t15-/m1/s1. The van der Waals surface area contributed by atoms with Crippen molar-refractivity contribution in [3.63, 3.8) is 0 Å². The summed E-state index contributed by atoms with van der Waals surface area (Å²) < 4.78 is 36.4. The summed E-state index contributed by atoms with van der Waals surface area (Å²) in [4.78, 5) is 12.8. The molecule has 0 saturated heterocycles. The highest BCUT2D eigenvalue weighted by Crippen LogP contribution is 2.30. The molecule has 2 rings (SSSR count). The maximum absolute atomic E-state index is 12.8. The summed E-state index contributed by atoms with van der Waals surface area (Å²) in [6.07, 6.45) is 1.08. The van der Waals surface area contributed by atoms with Crippen LogP contribution in [0.15, 0.2) is 36.4 Å². The molecule has 1 amide bonds. The summed E-state index contributed by atoms with van der Waals surface area (Å²) in [7, 11) is -0.681. The fourth-order valence-corrected chi connectivity index (χ4v) is 3.98. The number of ether oxygens (including phenoxy) is 2.